The van der Waals surface area contributed by atoms with Crippen LogP contribution in [0.3, 0.4) is 0 Å². The highest BCUT2D eigenvalue weighted by atomic mass is 16.1. The Morgan fingerprint density at radius 3 is 2.58 bits per heavy atom. The maximum Gasteiger partial charge on any atom is 0.170 e. The van der Waals surface area contributed by atoms with Crippen molar-refractivity contribution in [3.05, 3.63) is 35.4 Å². The van der Waals surface area contributed by atoms with E-state index >= 15 is 0 Å². The second kappa shape index (κ2) is 2.55. The topological polar surface area (TPSA) is 34.1 Å². The van der Waals surface area contributed by atoms with Gasteiger partial charge in [0.2, 0.25) is 0 Å². The fraction of sp³-hybridized carbons (Fsp3) is 0.200. The van der Waals surface area contributed by atoms with E-state index in [-0.39, 0.29) is 18.0 Å². The van der Waals surface area contributed by atoms with E-state index < -0.39 is 0 Å². The number of ketones is 2. The highest BCUT2D eigenvalue weighted by Gasteiger charge is 2.21. The summed E-state index contributed by atoms with van der Waals surface area (Å²) in [5, 5.41) is 0. The van der Waals surface area contributed by atoms with Crippen LogP contribution in [0.25, 0.3) is 0 Å². The van der Waals surface area contributed by atoms with Gasteiger partial charge in [0.25, 0.3) is 0 Å². The molecule has 2 heteroatoms. The van der Waals surface area contributed by atoms with Gasteiger partial charge in [0.15, 0.2) is 5.78 Å². The third-order valence-electron chi connectivity index (χ3n) is 2.06. The standard InChI is InChI=1S/C10H8O2/c11-8-5-7-3-1-2-4-9(7)10(12)6-8/h1-4H,5-6H2. The van der Waals surface area contributed by atoms with Crippen molar-refractivity contribution in [1.82, 2.24) is 0 Å². The molecule has 0 saturated carbocycles. The lowest BCUT2D eigenvalue weighted by Gasteiger charge is -2.12. The van der Waals surface area contributed by atoms with Crippen molar-refractivity contribution in [2.75, 3.05) is 0 Å². The summed E-state index contributed by atoms with van der Waals surface area (Å²) in [7, 11) is 0. The molecule has 0 radical (unpaired) electrons. The minimum absolute atomic E-state index is 0.0266. The lowest BCUT2D eigenvalue weighted by Crippen LogP contribution is -2.19. The van der Waals surface area contributed by atoms with E-state index in [2.05, 4.69) is 0 Å². The van der Waals surface area contributed by atoms with Gasteiger partial charge < -0.3 is 0 Å². The van der Waals surface area contributed by atoms with Gasteiger partial charge in [-0.1, -0.05) is 24.3 Å². The van der Waals surface area contributed by atoms with Gasteiger partial charge in [0.1, 0.15) is 5.78 Å². The summed E-state index contributed by atoms with van der Waals surface area (Å²) in [6.45, 7) is 0. The molecule has 60 valence electrons. The van der Waals surface area contributed by atoms with Crippen LogP contribution in [0, 0.1) is 0 Å². The van der Waals surface area contributed by atoms with E-state index in [1.54, 1.807) is 6.07 Å². The molecule has 0 amide bonds. The summed E-state index contributed by atoms with van der Waals surface area (Å²) < 4.78 is 0. The van der Waals surface area contributed by atoms with Crippen molar-refractivity contribution in [1.29, 1.82) is 0 Å². The van der Waals surface area contributed by atoms with Crippen LogP contribution in [0.2, 0.25) is 0 Å². The fourth-order valence-corrected chi connectivity index (χ4v) is 1.50. The Kier molecular flexibility index (Phi) is 1.54. The van der Waals surface area contributed by atoms with Crippen LogP contribution in [0.1, 0.15) is 22.3 Å². The summed E-state index contributed by atoms with van der Waals surface area (Å²) in [5.41, 5.74) is 1.59. The molecule has 0 saturated heterocycles. The quantitative estimate of drug-likeness (QED) is 0.537. The lowest BCUT2D eigenvalue weighted by atomic mass is 9.90. The van der Waals surface area contributed by atoms with E-state index in [0.717, 1.165) is 11.1 Å². The van der Waals surface area contributed by atoms with Crippen LogP contribution in [-0.2, 0) is 11.2 Å². The van der Waals surface area contributed by atoms with Gasteiger partial charge >= 0.3 is 0 Å². The molecule has 1 aromatic carbocycles. The average Bonchev–Trinajstić information content (AvgIpc) is 2.04. The minimum Gasteiger partial charge on any atom is -0.299 e. The molecule has 1 aromatic rings. The summed E-state index contributed by atoms with van der Waals surface area (Å²) in [6.07, 6.45) is 0.499. The monoisotopic (exact) mass is 160 g/mol. The molecule has 0 fully saturated rings. The second-order valence-corrected chi connectivity index (χ2v) is 2.97. The molecule has 0 atom stereocenters. The molecule has 12 heavy (non-hydrogen) atoms. The molecule has 0 bridgehead atoms. The molecule has 0 N–H and O–H groups in total. The van der Waals surface area contributed by atoms with E-state index in [9.17, 15) is 9.59 Å². The van der Waals surface area contributed by atoms with Crippen LogP contribution in [0.15, 0.2) is 24.3 Å². The van der Waals surface area contributed by atoms with Crippen molar-refractivity contribution in [3.8, 4) is 0 Å². The third-order valence-corrected chi connectivity index (χ3v) is 2.06. The van der Waals surface area contributed by atoms with Crippen molar-refractivity contribution in [3.63, 3.8) is 0 Å². The van der Waals surface area contributed by atoms with Gasteiger partial charge in [-0.2, -0.15) is 0 Å². The maximum atomic E-state index is 11.3. The summed E-state index contributed by atoms with van der Waals surface area (Å²) in [6, 6.07) is 7.30. The second-order valence-electron chi connectivity index (χ2n) is 2.97. The zero-order valence-corrected chi connectivity index (χ0v) is 6.54. The Hall–Kier alpha value is -1.44. The molecule has 0 spiro atoms. The first-order valence-corrected chi connectivity index (χ1v) is 3.90. The highest BCUT2D eigenvalue weighted by molar-refractivity contribution is 6.12. The van der Waals surface area contributed by atoms with Crippen LogP contribution in [0.5, 0.6) is 0 Å². The molecule has 2 nitrogen and oxygen atoms in total. The van der Waals surface area contributed by atoms with E-state index in [1.807, 2.05) is 18.2 Å². The molecule has 0 unspecified atom stereocenters. The first-order valence-electron chi connectivity index (χ1n) is 3.90. The lowest BCUT2D eigenvalue weighted by molar-refractivity contribution is -0.117. The average molecular weight is 160 g/mol. The van der Waals surface area contributed by atoms with Gasteiger partial charge in [0, 0.05) is 12.0 Å². The Balaban J connectivity index is 2.54. The number of benzene rings is 1. The Morgan fingerprint density at radius 2 is 1.75 bits per heavy atom. The molecule has 0 aromatic heterocycles. The maximum absolute atomic E-state index is 11.3. The fourth-order valence-electron chi connectivity index (χ4n) is 1.50. The van der Waals surface area contributed by atoms with E-state index in [1.165, 1.54) is 0 Å². The first-order chi connectivity index (χ1) is 5.77. The summed E-state index contributed by atoms with van der Waals surface area (Å²) in [4.78, 5) is 22.3. The number of hydrogen-bond donors (Lipinski definition) is 0. The molecule has 1 aliphatic carbocycles. The third kappa shape index (κ3) is 1.05. The predicted molar refractivity (Wildman–Crippen MR) is 44.1 cm³/mol. The SMILES string of the molecule is O=C1CC(=O)c2ccccc2C1. The Bertz CT molecular complexity index is 353. The van der Waals surface area contributed by atoms with E-state index in [4.69, 9.17) is 0 Å². The minimum atomic E-state index is -0.0400. The molecule has 2 rings (SSSR count). The predicted octanol–water partition coefficient (Wildman–Crippen LogP) is 1.38. The Morgan fingerprint density at radius 1 is 1.00 bits per heavy atom. The van der Waals surface area contributed by atoms with Crippen LogP contribution in [0.4, 0.5) is 0 Å². The Labute approximate surface area is 70.2 Å². The zero-order chi connectivity index (χ0) is 8.55. The van der Waals surface area contributed by atoms with Gasteiger partial charge in [0.05, 0.1) is 6.42 Å². The number of Topliss-reactive ketones (excluding diaryl/α,β-unsaturated/α-hetero) is 2. The molecule has 0 heterocycles. The number of carbonyl (C=O) groups is 2. The zero-order valence-electron chi connectivity index (χ0n) is 6.54. The highest BCUT2D eigenvalue weighted by Crippen LogP contribution is 2.18. The summed E-state index contributed by atoms with van der Waals surface area (Å²) >= 11 is 0. The van der Waals surface area contributed by atoms with Crippen LogP contribution < -0.4 is 0 Å². The van der Waals surface area contributed by atoms with Gasteiger partial charge in [-0.15, -0.1) is 0 Å². The van der Waals surface area contributed by atoms with Gasteiger partial charge in [-0.25, -0.2) is 0 Å². The van der Waals surface area contributed by atoms with Crippen molar-refractivity contribution >= 4 is 11.6 Å². The summed E-state index contributed by atoms with van der Waals surface area (Å²) in [5.74, 6) is -0.0134. The van der Waals surface area contributed by atoms with Gasteiger partial charge in [-0.05, 0) is 5.56 Å². The number of fused-ring (bicyclic) bond motifs is 1. The van der Waals surface area contributed by atoms with E-state index in [0.29, 0.717) is 6.42 Å². The van der Waals surface area contributed by atoms with Crippen molar-refractivity contribution < 1.29 is 9.59 Å². The van der Waals surface area contributed by atoms with Crippen LogP contribution in [-0.4, -0.2) is 11.6 Å². The largest absolute Gasteiger partial charge is 0.299 e. The van der Waals surface area contributed by atoms with Crippen molar-refractivity contribution in [2.24, 2.45) is 0 Å². The van der Waals surface area contributed by atoms with Gasteiger partial charge in [-0.3, -0.25) is 9.59 Å². The number of rotatable bonds is 0. The van der Waals surface area contributed by atoms with Crippen molar-refractivity contribution in [2.45, 2.75) is 12.8 Å². The normalized spacial score (nSPS) is 16.0. The molecular formula is C10H8O2. The molecule has 0 aliphatic heterocycles. The first kappa shape index (κ1) is 7.22. The number of hydrogen-bond acceptors (Lipinski definition) is 2. The van der Waals surface area contributed by atoms with Crippen LogP contribution >= 0.6 is 0 Å². The smallest absolute Gasteiger partial charge is 0.170 e. The molecular weight excluding hydrogens is 152 g/mol. The molecule has 1 aliphatic rings. The number of carbonyl (C=O) groups excluding carboxylic acids is 2.